The van der Waals surface area contributed by atoms with Crippen LogP contribution in [-0.4, -0.2) is 23.2 Å². The maximum Gasteiger partial charge on any atom is 0.231 e. The third kappa shape index (κ3) is 2.49. The number of nitrogens with one attached hydrogen (secondary N) is 1. The van der Waals surface area contributed by atoms with Gasteiger partial charge in [-0.3, -0.25) is 9.59 Å². The van der Waals surface area contributed by atoms with E-state index in [1.807, 2.05) is 30.5 Å². The standard InChI is InChI=1S/C19H15ClN2O2/c20-13-5-6-17-15(10-13)18(23)7-8-22(17)19(24)9-12-11-21-16-4-2-1-3-14(12)16/h1-6,10-11,21H,7-9H2. The van der Waals surface area contributed by atoms with Gasteiger partial charge in [0.25, 0.3) is 0 Å². The molecule has 24 heavy (non-hydrogen) atoms. The van der Waals surface area contributed by atoms with Crippen molar-refractivity contribution in [1.29, 1.82) is 0 Å². The van der Waals surface area contributed by atoms with Crippen LogP contribution in [0, 0.1) is 0 Å². The van der Waals surface area contributed by atoms with E-state index in [0.717, 1.165) is 16.5 Å². The molecule has 0 saturated carbocycles. The zero-order chi connectivity index (χ0) is 16.7. The Morgan fingerprint density at radius 3 is 2.92 bits per heavy atom. The van der Waals surface area contributed by atoms with E-state index in [9.17, 15) is 9.59 Å². The fourth-order valence-electron chi connectivity index (χ4n) is 3.23. The second kappa shape index (κ2) is 5.80. The topological polar surface area (TPSA) is 53.2 Å². The number of amides is 1. The predicted octanol–water partition coefficient (Wildman–Crippen LogP) is 3.98. The van der Waals surface area contributed by atoms with E-state index in [2.05, 4.69) is 4.98 Å². The summed E-state index contributed by atoms with van der Waals surface area (Å²) in [6.07, 6.45) is 2.49. The van der Waals surface area contributed by atoms with Crippen LogP contribution in [0.3, 0.4) is 0 Å². The third-order valence-corrected chi connectivity index (χ3v) is 4.67. The summed E-state index contributed by atoms with van der Waals surface area (Å²) in [5.41, 5.74) is 3.16. The molecule has 2 aromatic carbocycles. The first-order valence-electron chi connectivity index (χ1n) is 7.81. The zero-order valence-electron chi connectivity index (χ0n) is 12.9. The van der Waals surface area contributed by atoms with Crippen molar-refractivity contribution in [2.75, 3.05) is 11.4 Å². The van der Waals surface area contributed by atoms with Gasteiger partial charge < -0.3 is 9.88 Å². The summed E-state index contributed by atoms with van der Waals surface area (Å²) in [5.74, 6) is 0.0134. The van der Waals surface area contributed by atoms with E-state index in [4.69, 9.17) is 11.6 Å². The van der Waals surface area contributed by atoms with Crippen LogP contribution >= 0.6 is 11.6 Å². The molecule has 0 atom stereocenters. The second-order valence-electron chi connectivity index (χ2n) is 5.92. The average Bonchev–Trinajstić information content (AvgIpc) is 2.99. The number of aromatic amines is 1. The Labute approximate surface area is 144 Å². The lowest BCUT2D eigenvalue weighted by Crippen LogP contribution is -2.38. The van der Waals surface area contributed by atoms with Crippen LogP contribution in [0.1, 0.15) is 22.3 Å². The molecule has 5 heteroatoms. The number of carbonyl (C=O) groups excluding carboxylic acids is 2. The molecule has 0 spiro atoms. The van der Waals surface area contributed by atoms with E-state index in [0.29, 0.717) is 35.7 Å². The number of benzene rings is 2. The highest BCUT2D eigenvalue weighted by atomic mass is 35.5. The van der Waals surface area contributed by atoms with Crippen molar-refractivity contribution in [1.82, 2.24) is 4.98 Å². The van der Waals surface area contributed by atoms with Crippen molar-refractivity contribution in [3.8, 4) is 0 Å². The van der Waals surface area contributed by atoms with Crippen molar-refractivity contribution in [3.05, 3.63) is 64.8 Å². The number of nitrogens with zero attached hydrogens (tertiary/aromatic N) is 1. The monoisotopic (exact) mass is 338 g/mol. The molecule has 2 heterocycles. The minimum absolute atomic E-state index is 0.0178. The summed E-state index contributed by atoms with van der Waals surface area (Å²) in [7, 11) is 0. The molecule has 0 bridgehead atoms. The summed E-state index contributed by atoms with van der Waals surface area (Å²) in [5, 5.41) is 1.56. The van der Waals surface area contributed by atoms with Crippen LogP contribution < -0.4 is 4.90 Å². The molecule has 0 radical (unpaired) electrons. The van der Waals surface area contributed by atoms with Gasteiger partial charge in [-0.05, 0) is 29.8 Å². The number of anilines is 1. The average molecular weight is 339 g/mol. The van der Waals surface area contributed by atoms with Gasteiger partial charge in [0, 0.05) is 40.7 Å². The van der Waals surface area contributed by atoms with Crippen LogP contribution in [0.4, 0.5) is 5.69 Å². The molecule has 0 saturated heterocycles. The first-order chi connectivity index (χ1) is 11.6. The lowest BCUT2D eigenvalue weighted by Gasteiger charge is -2.28. The molecule has 0 unspecified atom stereocenters. The van der Waals surface area contributed by atoms with Gasteiger partial charge in [-0.25, -0.2) is 0 Å². The molecule has 120 valence electrons. The highest BCUT2D eigenvalue weighted by molar-refractivity contribution is 6.31. The molecular weight excluding hydrogens is 324 g/mol. The van der Waals surface area contributed by atoms with Crippen LogP contribution in [0.5, 0.6) is 0 Å². The Morgan fingerprint density at radius 2 is 2.04 bits per heavy atom. The van der Waals surface area contributed by atoms with Crippen LogP contribution in [0.2, 0.25) is 5.02 Å². The smallest absolute Gasteiger partial charge is 0.231 e. The van der Waals surface area contributed by atoms with Crippen molar-refractivity contribution in [2.24, 2.45) is 0 Å². The number of H-pyrrole nitrogens is 1. The van der Waals surface area contributed by atoms with Crippen LogP contribution in [0.15, 0.2) is 48.7 Å². The van der Waals surface area contributed by atoms with Gasteiger partial charge in [0.15, 0.2) is 5.78 Å². The van der Waals surface area contributed by atoms with E-state index in [-0.39, 0.29) is 11.7 Å². The molecule has 0 fully saturated rings. The van der Waals surface area contributed by atoms with E-state index in [1.165, 1.54) is 0 Å². The number of hydrogen-bond donors (Lipinski definition) is 1. The summed E-state index contributed by atoms with van der Waals surface area (Å²) in [6.45, 7) is 0.411. The quantitative estimate of drug-likeness (QED) is 0.768. The normalized spacial score (nSPS) is 14.0. The van der Waals surface area contributed by atoms with E-state index in [1.54, 1.807) is 23.1 Å². The van der Waals surface area contributed by atoms with Crippen LogP contribution in [-0.2, 0) is 11.2 Å². The van der Waals surface area contributed by atoms with Gasteiger partial charge in [-0.1, -0.05) is 29.8 Å². The first-order valence-corrected chi connectivity index (χ1v) is 8.19. The lowest BCUT2D eigenvalue weighted by molar-refractivity contribution is -0.118. The van der Waals surface area contributed by atoms with Gasteiger partial charge in [0.2, 0.25) is 5.91 Å². The van der Waals surface area contributed by atoms with E-state index >= 15 is 0 Å². The number of ketones is 1. The summed E-state index contributed by atoms with van der Waals surface area (Å²) in [4.78, 5) is 29.8. The highest BCUT2D eigenvalue weighted by Gasteiger charge is 2.27. The summed E-state index contributed by atoms with van der Waals surface area (Å²) in [6, 6.07) is 13.0. The number of fused-ring (bicyclic) bond motifs is 2. The van der Waals surface area contributed by atoms with Crippen molar-refractivity contribution >= 4 is 39.9 Å². The molecule has 4 nitrogen and oxygen atoms in total. The molecule has 1 amide bonds. The molecule has 3 aromatic rings. The highest BCUT2D eigenvalue weighted by Crippen LogP contribution is 2.30. The fraction of sp³-hybridized carbons (Fsp3) is 0.158. The van der Waals surface area contributed by atoms with Gasteiger partial charge >= 0.3 is 0 Å². The van der Waals surface area contributed by atoms with Crippen LogP contribution in [0.25, 0.3) is 10.9 Å². The number of carbonyl (C=O) groups is 2. The third-order valence-electron chi connectivity index (χ3n) is 4.43. The Kier molecular flexibility index (Phi) is 3.62. The van der Waals surface area contributed by atoms with Gasteiger partial charge in [-0.15, -0.1) is 0 Å². The Hall–Kier alpha value is -2.59. The maximum atomic E-state index is 12.8. The predicted molar refractivity (Wildman–Crippen MR) is 94.8 cm³/mol. The van der Waals surface area contributed by atoms with E-state index < -0.39 is 0 Å². The molecule has 0 aliphatic carbocycles. The van der Waals surface area contributed by atoms with Crippen molar-refractivity contribution in [3.63, 3.8) is 0 Å². The summed E-state index contributed by atoms with van der Waals surface area (Å²) < 4.78 is 0. The SMILES string of the molecule is O=C1CCN(C(=O)Cc2c[nH]c3ccccc23)c2ccc(Cl)cc21. The maximum absolute atomic E-state index is 12.8. The molecule has 1 aromatic heterocycles. The van der Waals surface area contributed by atoms with Crippen molar-refractivity contribution < 1.29 is 9.59 Å². The Balaban J connectivity index is 1.66. The van der Waals surface area contributed by atoms with Gasteiger partial charge in [0.1, 0.15) is 0 Å². The molecule has 1 aliphatic heterocycles. The van der Waals surface area contributed by atoms with Gasteiger partial charge in [-0.2, -0.15) is 0 Å². The zero-order valence-corrected chi connectivity index (χ0v) is 13.6. The number of Topliss-reactive ketones (excluding diaryl/α,β-unsaturated/α-hetero) is 1. The Bertz CT molecular complexity index is 961. The first kappa shape index (κ1) is 15.0. The number of hydrogen-bond acceptors (Lipinski definition) is 2. The minimum atomic E-state index is -0.0178. The molecule has 1 N–H and O–H groups in total. The lowest BCUT2D eigenvalue weighted by atomic mass is 9.99. The Morgan fingerprint density at radius 1 is 1.21 bits per heavy atom. The molecule has 4 rings (SSSR count). The molecule has 1 aliphatic rings. The molecular formula is C19H15ClN2O2. The van der Waals surface area contributed by atoms with Crippen molar-refractivity contribution in [2.45, 2.75) is 12.8 Å². The minimum Gasteiger partial charge on any atom is -0.361 e. The number of rotatable bonds is 2. The fourth-order valence-corrected chi connectivity index (χ4v) is 3.40. The number of halogens is 1. The number of para-hydroxylation sites is 1. The second-order valence-corrected chi connectivity index (χ2v) is 6.35. The summed E-state index contributed by atoms with van der Waals surface area (Å²) >= 11 is 5.99. The number of aromatic nitrogens is 1. The largest absolute Gasteiger partial charge is 0.361 e. The van der Waals surface area contributed by atoms with Gasteiger partial charge in [0.05, 0.1) is 12.1 Å².